The van der Waals surface area contributed by atoms with Crippen LogP contribution in [-0.4, -0.2) is 9.97 Å². The van der Waals surface area contributed by atoms with E-state index in [0.29, 0.717) is 17.2 Å². The Labute approximate surface area is 87.2 Å². The summed E-state index contributed by atoms with van der Waals surface area (Å²) in [5, 5.41) is 25.5. The summed E-state index contributed by atoms with van der Waals surface area (Å²) in [4.78, 5) is 8.06. The Bertz CT molecular complexity index is 388. The number of nitrogens with zero attached hydrogens (tertiary/aromatic N) is 5. The third-order valence-corrected chi connectivity index (χ3v) is 1.64. The van der Waals surface area contributed by atoms with E-state index in [1.54, 1.807) is 6.07 Å². The fourth-order valence-electron chi connectivity index (χ4n) is 1.11. The third kappa shape index (κ3) is 3.06. The Morgan fingerprint density at radius 1 is 0.867 bits per heavy atom. The Balaban J connectivity index is 3.05. The van der Waals surface area contributed by atoms with Gasteiger partial charge in [0.05, 0.1) is 48.9 Å². The van der Waals surface area contributed by atoms with E-state index in [1.165, 1.54) is 0 Å². The smallest absolute Gasteiger partial charge is 0.142 e. The predicted molar refractivity (Wildman–Crippen MR) is 50.0 cm³/mol. The Kier molecular flexibility index (Phi) is 3.77. The van der Waals surface area contributed by atoms with E-state index < -0.39 is 0 Å². The van der Waals surface area contributed by atoms with Crippen molar-refractivity contribution in [1.29, 1.82) is 15.8 Å². The summed E-state index contributed by atoms with van der Waals surface area (Å²) in [5.74, 6) is 0.371. The molecule has 72 valence electrons. The topological polar surface area (TPSA) is 97.1 Å². The van der Waals surface area contributed by atoms with E-state index in [9.17, 15) is 0 Å². The van der Waals surface area contributed by atoms with Crippen molar-refractivity contribution in [2.45, 2.75) is 19.3 Å². The van der Waals surface area contributed by atoms with Gasteiger partial charge in [-0.1, -0.05) is 0 Å². The normalized spacial score (nSPS) is 8.60. The van der Waals surface area contributed by atoms with Crippen molar-refractivity contribution in [2.24, 2.45) is 0 Å². The minimum atomic E-state index is 0.0949. The number of nitriles is 3. The van der Waals surface area contributed by atoms with Crippen LogP contribution < -0.4 is 0 Å². The van der Waals surface area contributed by atoms with Crippen LogP contribution in [0.1, 0.15) is 17.2 Å². The lowest BCUT2D eigenvalue weighted by Crippen LogP contribution is -2.02. The molecule has 1 aromatic rings. The average molecular weight is 197 g/mol. The second-order valence-electron chi connectivity index (χ2n) is 2.77. The summed E-state index contributed by atoms with van der Waals surface area (Å²) < 4.78 is 0. The second kappa shape index (κ2) is 5.32. The summed E-state index contributed by atoms with van der Waals surface area (Å²) >= 11 is 0. The van der Waals surface area contributed by atoms with Crippen LogP contribution in [0.2, 0.25) is 0 Å². The maximum atomic E-state index is 8.52. The first-order valence-corrected chi connectivity index (χ1v) is 4.26. The standard InChI is InChI=1S/C10H7N5/c11-4-1-8-7-9(2-5-12)15-10(14-8)3-6-13/h7H,1-3H2. The fourth-order valence-corrected chi connectivity index (χ4v) is 1.11. The number of aromatic nitrogens is 2. The van der Waals surface area contributed by atoms with E-state index in [-0.39, 0.29) is 19.3 Å². The Hall–Kier alpha value is -2.45. The number of hydrogen-bond acceptors (Lipinski definition) is 5. The lowest BCUT2D eigenvalue weighted by atomic mass is 10.2. The molecule has 15 heavy (non-hydrogen) atoms. The van der Waals surface area contributed by atoms with Crippen molar-refractivity contribution in [3.05, 3.63) is 23.3 Å². The van der Waals surface area contributed by atoms with Crippen molar-refractivity contribution in [1.82, 2.24) is 9.97 Å². The van der Waals surface area contributed by atoms with Crippen LogP contribution in [0.5, 0.6) is 0 Å². The molecule has 1 aromatic heterocycles. The SMILES string of the molecule is N#CCc1cc(CC#N)nc(CC#N)n1. The van der Waals surface area contributed by atoms with Crippen LogP contribution in [0.3, 0.4) is 0 Å². The zero-order valence-corrected chi connectivity index (χ0v) is 7.93. The first kappa shape index (κ1) is 10.6. The van der Waals surface area contributed by atoms with Gasteiger partial charge in [0.25, 0.3) is 0 Å². The highest BCUT2D eigenvalue weighted by atomic mass is 14.9. The lowest BCUT2D eigenvalue weighted by molar-refractivity contribution is 0.906. The van der Waals surface area contributed by atoms with Crippen LogP contribution in [0.25, 0.3) is 0 Å². The third-order valence-electron chi connectivity index (χ3n) is 1.64. The highest BCUT2D eigenvalue weighted by molar-refractivity contribution is 5.17. The zero-order chi connectivity index (χ0) is 11.1. The molecular weight excluding hydrogens is 190 g/mol. The van der Waals surface area contributed by atoms with Gasteiger partial charge in [0.15, 0.2) is 0 Å². The van der Waals surface area contributed by atoms with Gasteiger partial charge in [-0.25, -0.2) is 9.97 Å². The van der Waals surface area contributed by atoms with Gasteiger partial charge in [0, 0.05) is 0 Å². The molecular formula is C10H7N5. The molecule has 0 amide bonds. The highest BCUT2D eigenvalue weighted by Crippen LogP contribution is 2.03. The van der Waals surface area contributed by atoms with Gasteiger partial charge in [-0.05, 0) is 6.07 Å². The second-order valence-corrected chi connectivity index (χ2v) is 2.77. The minimum absolute atomic E-state index is 0.0949. The summed E-state index contributed by atoms with van der Waals surface area (Å²) in [5.41, 5.74) is 1.12. The molecule has 1 rings (SSSR count). The van der Waals surface area contributed by atoms with Crippen LogP contribution in [0, 0.1) is 34.0 Å². The molecule has 0 unspecified atom stereocenters. The van der Waals surface area contributed by atoms with Crippen LogP contribution >= 0.6 is 0 Å². The number of rotatable bonds is 3. The van der Waals surface area contributed by atoms with E-state index in [1.807, 2.05) is 18.2 Å². The first-order valence-electron chi connectivity index (χ1n) is 4.26. The zero-order valence-electron chi connectivity index (χ0n) is 7.93. The molecule has 5 heteroatoms. The molecule has 0 N–H and O–H groups in total. The minimum Gasteiger partial charge on any atom is -0.236 e. The first-order chi connectivity index (χ1) is 7.30. The van der Waals surface area contributed by atoms with Crippen LogP contribution in [-0.2, 0) is 19.3 Å². The van der Waals surface area contributed by atoms with Gasteiger partial charge in [0.1, 0.15) is 5.82 Å². The summed E-state index contributed by atoms with van der Waals surface area (Å²) in [7, 11) is 0. The Morgan fingerprint density at radius 3 is 1.73 bits per heavy atom. The van der Waals surface area contributed by atoms with Crippen LogP contribution in [0.4, 0.5) is 0 Å². The van der Waals surface area contributed by atoms with Gasteiger partial charge >= 0.3 is 0 Å². The highest BCUT2D eigenvalue weighted by Gasteiger charge is 2.04. The monoisotopic (exact) mass is 197 g/mol. The fraction of sp³-hybridized carbons (Fsp3) is 0.300. The molecule has 0 spiro atoms. The molecule has 0 saturated heterocycles. The van der Waals surface area contributed by atoms with E-state index in [4.69, 9.17) is 15.8 Å². The molecule has 5 nitrogen and oxygen atoms in total. The number of hydrogen-bond donors (Lipinski definition) is 0. The van der Waals surface area contributed by atoms with E-state index in [0.717, 1.165) is 0 Å². The van der Waals surface area contributed by atoms with E-state index in [2.05, 4.69) is 9.97 Å². The molecule has 0 aliphatic rings. The summed E-state index contributed by atoms with van der Waals surface area (Å²) in [6.07, 6.45) is 0.427. The van der Waals surface area contributed by atoms with Gasteiger partial charge in [-0.3, -0.25) is 0 Å². The molecule has 0 bridgehead atoms. The van der Waals surface area contributed by atoms with Crippen molar-refractivity contribution in [3.63, 3.8) is 0 Å². The average Bonchev–Trinajstić information content (AvgIpc) is 2.19. The molecule has 0 aliphatic carbocycles. The predicted octanol–water partition coefficient (Wildman–Crippen LogP) is 0.675. The molecule has 1 heterocycles. The van der Waals surface area contributed by atoms with Crippen molar-refractivity contribution in [2.75, 3.05) is 0 Å². The van der Waals surface area contributed by atoms with Crippen LogP contribution in [0.15, 0.2) is 6.07 Å². The Morgan fingerprint density at radius 2 is 1.33 bits per heavy atom. The quantitative estimate of drug-likeness (QED) is 0.709. The molecule has 0 aromatic carbocycles. The summed E-state index contributed by atoms with van der Waals surface area (Å²) in [6, 6.07) is 7.48. The van der Waals surface area contributed by atoms with E-state index >= 15 is 0 Å². The largest absolute Gasteiger partial charge is 0.236 e. The van der Waals surface area contributed by atoms with Crippen molar-refractivity contribution >= 4 is 0 Å². The van der Waals surface area contributed by atoms with Gasteiger partial charge < -0.3 is 0 Å². The lowest BCUT2D eigenvalue weighted by Gasteiger charge is -2.00. The molecule has 0 atom stereocenters. The molecule has 0 aliphatic heterocycles. The maximum absolute atomic E-state index is 8.52. The summed E-state index contributed by atoms with van der Waals surface area (Å²) in [6.45, 7) is 0. The van der Waals surface area contributed by atoms with Gasteiger partial charge in [-0.15, -0.1) is 0 Å². The molecule has 0 saturated carbocycles. The molecule has 0 fully saturated rings. The van der Waals surface area contributed by atoms with Gasteiger partial charge in [-0.2, -0.15) is 15.8 Å². The molecule has 0 radical (unpaired) electrons. The van der Waals surface area contributed by atoms with Crippen molar-refractivity contribution < 1.29 is 0 Å². The maximum Gasteiger partial charge on any atom is 0.142 e. The van der Waals surface area contributed by atoms with Crippen molar-refractivity contribution in [3.8, 4) is 18.2 Å². The van der Waals surface area contributed by atoms with Gasteiger partial charge in [0.2, 0.25) is 0 Å².